The third kappa shape index (κ3) is 9.57. The molecule has 0 aliphatic heterocycles. The van der Waals surface area contributed by atoms with Gasteiger partial charge in [-0.2, -0.15) is 0 Å². The molecule has 3 N–H and O–H groups in total. The number of ether oxygens (including phenoxy) is 2. The molecule has 61 heavy (non-hydrogen) atoms. The number of rotatable bonds is 16. The number of carboxylic acid groups (broad SMARTS) is 1. The zero-order valence-electron chi connectivity index (χ0n) is 35.3. The van der Waals surface area contributed by atoms with Crippen molar-refractivity contribution in [3.63, 3.8) is 0 Å². The Morgan fingerprint density at radius 3 is 2.56 bits per heavy atom. The molecule has 2 aromatic heterocycles. The van der Waals surface area contributed by atoms with Crippen LogP contribution in [0.25, 0.3) is 11.1 Å². The van der Waals surface area contributed by atoms with E-state index in [4.69, 9.17) is 21.1 Å². The number of aromatic nitrogens is 2. The van der Waals surface area contributed by atoms with E-state index in [0.29, 0.717) is 68.0 Å². The fourth-order valence-corrected chi connectivity index (χ4v) is 10.5. The van der Waals surface area contributed by atoms with Crippen molar-refractivity contribution in [2.75, 3.05) is 18.5 Å². The molecule has 0 radical (unpaired) electrons. The first kappa shape index (κ1) is 42.3. The number of anilines is 1. The zero-order valence-corrected chi connectivity index (χ0v) is 36.1. The van der Waals surface area contributed by atoms with Gasteiger partial charge in [-0.15, -0.1) is 0 Å². The lowest BCUT2D eigenvalue weighted by Crippen LogP contribution is -2.53. The molecule has 8 rings (SSSR count). The van der Waals surface area contributed by atoms with Crippen molar-refractivity contribution < 1.29 is 24.2 Å². The van der Waals surface area contributed by atoms with Crippen molar-refractivity contribution in [1.29, 1.82) is 0 Å². The molecule has 3 atom stereocenters. The molecule has 1 spiro atoms. The van der Waals surface area contributed by atoms with Gasteiger partial charge < -0.3 is 25.2 Å². The van der Waals surface area contributed by atoms with Crippen LogP contribution in [0.2, 0.25) is 5.02 Å². The molecule has 9 nitrogen and oxygen atoms in total. The maximum atomic E-state index is 13.1. The van der Waals surface area contributed by atoms with E-state index in [0.717, 1.165) is 73.1 Å². The normalized spacial score (nSPS) is 22.1. The first-order chi connectivity index (χ1) is 29.6. The van der Waals surface area contributed by atoms with Gasteiger partial charge in [-0.05, 0) is 170 Å². The van der Waals surface area contributed by atoms with Crippen LogP contribution in [0.5, 0.6) is 11.5 Å². The number of fused-ring (bicyclic) bond motifs is 3. The number of hydrogen-bond donors (Lipinski definition) is 3. The molecule has 0 bridgehead atoms. The van der Waals surface area contributed by atoms with Gasteiger partial charge in [0.2, 0.25) is 5.91 Å². The van der Waals surface area contributed by atoms with E-state index in [1.165, 1.54) is 22.4 Å². The third-order valence-electron chi connectivity index (χ3n) is 13.5. The van der Waals surface area contributed by atoms with Crippen molar-refractivity contribution >= 4 is 29.2 Å². The highest BCUT2D eigenvalue weighted by atomic mass is 35.5. The number of aliphatic carboxylic acids is 1. The van der Waals surface area contributed by atoms with Crippen LogP contribution in [0, 0.1) is 11.8 Å². The molecule has 1 amide bonds. The molecule has 1 saturated carbocycles. The molecule has 318 valence electrons. The Labute approximate surface area is 364 Å². The Morgan fingerprint density at radius 2 is 1.75 bits per heavy atom. The summed E-state index contributed by atoms with van der Waals surface area (Å²) in [6.07, 6.45) is 14.0. The lowest BCUT2D eigenvalue weighted by atomic mass is 9.59. The second kappa shape index (κ2) is 18.7. The van der Waals surface area contributed by atoms with Crippen LogP contribution >= 0.6 is 11.6 Å². The molecule has 10 heteroatoms. The molecule has 1 fully saturated rings. The van der Waals surface area contributed by atoms with Crippen molar-refractivity contribution in [3.8, 4) is 22.6 Å². The Kier molecular flexibility index (Phi) is 13.0. The number of halogens is 1. The van der Waals surface area contributed by atoms with Crippen molar-refractivity contribution in [3.05, 3.63) is 136 Å². The smallest absolute Gasteiger partial charge is 0.329 e. The Hall–Kier alpha value is -5.41. The van der Waals surface area contributed by atoms with Gasteiger partial charge in [-0.3, -0.25) is 14.8 Å². The van der Waals surface area contributed by atoms with Crippen LogP contribution in [-0.2, 0) is 34.4 Å². The summed E-state index contributed by atoms with van der Waals surface area (Å²) in [6, 6.07) is 27.9. The van der Waals surface area contributed by atoms with E-state index in [2.05, 4.69) is 64.8 Å². The van der Waals surface area contributed by atoms with Gasteiger partial charge in [-0.1, -0.05) is 55.8 Å². The Balaban J connectivity index is 0.931. The van der Waals surface area contributed by atoms with E-state index in [1.54, 1.807) is 24.5 Å². The predicted octanol–water partition coefficient (Wildman–Crippen LogP) is 10.7. The number of pyridine rings is 2. The van der Waals surface area contributed by atoms with Gasteiger partial charge in [-0.25, -0.2) is 4.79 Å². The summed E-state index contributed by atoms with van der Waals surface area (Å²) in [4.78, 5) is 34.7. The zero-order chi connectivity index (χ0) is 42.4. The first-order valence-corrected chi connectivity index (χ1v) is 22.4. The molecule has 3 aromatic carbocycles. The van der Waals surface area contributed by atoms with Crippen LogP contribution in [0.15, 0.2) is 104 Å². The molecule has 2 heterocycles. The number of amides is 1. The minimum Gasteiger partial charge on any atom is -0.494 e. The average Bonchev–Trinajstić information content (AvgIpc) is 3.55. The van der Waals surface area contributed by atoms with Gasteiger partial charge in [0.1, 0.15) is 17.0 Å². The molecule has 1 unspecified atom stereocenters. The number of hydrogen-bond acceptors (Lipinski definition) is 7. The first-order valence-electron chi connectivity index (χ1n) is 22.0. The minimum absolute atomic E-state index is 0.0133. The van der Waals surface area contributed by atoms with Crippen LogP contribution in [-0.4, -0.2) is 45.7 Å². The summed E-state index contributed by atoms with van der Waals surface area (Å²) in [5, 5.41) is 17.8. The van der Waals surface area contributed by atoms with Crippen LogP contribution in [0.1, 0.15) is 106 Å². The Morgan fingerprint density at radius 1 is 0.934 bits per heavy atom. The standard InChI is InChI=1S/C51H57ClN4O5/c1-34(33-61-46-18-25-54-45-12-3-7-35(2)48(45)46)27-40-29-39-14-15-43(60-26-6-13-47(57)55-32-36-8-4-9-38(28-36)37-16-23-53-24-17-37)31-44(39)50(40)19-21-51(22-20-50,49(58)59)56-42-11-5-10-41(52)30-42/h4-5,8-11,14-18,23-25,28,30-31,34-35,40,56H,3,6-7,12-13,19-22,26-27,29,32-33H2,1-2H3,(H,55,57)(H,58,59)/t34-,35-,40?,50?,51?/m1/s1. The summed E-state index contributed by atoms with van der Waals surface area (Å²) in [5.41, 5.74) is 7.63. The summed E-state index contributed by atoms with van der Waals surface area (Å²) < 4.78 is 12.9. The lowest BCUT2D eigenvalue weighted by molar-refractivity contribution is -0.144. The van der Waals surface area contributed by atoms with E-state index in [9.17, 15) is 14.7 Å². The van der Waals surface area contributed by atoms with E-state index in [1.807, 2.05) is 48.7 Å². The van der Waals surface area contributed by atoms with Crippen LogP contribution in [0.3, 0.4) is 0 Å². The highest BCUT2D eigenvalue weighted by molar-refractivity contribution is 6.30. The number of benzene rings is 3. The van der Waals surface area contributed by atoms with Crippen LogP contribution < -0.4 is 20.1 Å². The number of carbonyl (C=O) groups is 2. The molecule has 3 aliphatic rings. The quantitative estimate of drug-likeness (QED) is 0.0840. The van der Waals surface area contributed by atoms with Crippen LogP contribution in [0.4, 0.5) is 5.69 Å². The van der Waals surface area contributed by atoms with Crippen molar-refractivity contribution in [2.24, 2.45) is 11.8 Å². The largest absolute Gasteiger partial charge is 0.494 e. The highest BCUT2D eigenvalue weighted by Crippen LogP contribution is 2.57. The molecule has 5 aromatic rings. The second-order valence-corrected chi connectivity index (χ2v) is 18.1. The average molecular weight is 841 g/mol. The molecular weight excluding hydrogens is 784 g/mol. The van der Waals surface area contributed by atoms with E-state index in [-0.39, 0.29) is 17.2 Å². The predicted molar refractivity (Wildman–Crippen MR) is 240 cm³/mol. The lowest BCUT2D eigenvalue weighted by Gasteiger charge is -2.47. The van der Waals surface area contributed by atoms with Gasteiger partial charge in [0.05, 0.1) is 13.2 Å². The SMILES string of the molecule is C[C@@H](COc1ccnc2c1[C@H](C)CCC2)CC1Cc2ccc(OCCCC(=O)NCc3cccc(-c4ccncc4)c3)cc2C12CCC(Nc1cccc(Cl)c1)(C(=O)O)CC2. The maximum absolute atomic E-state index is 13.1. The monoisotopic (exact) mass is 840 g/mol. The topological polar surface area (TPSA) is 123 Å². The molecule has 0 saturated heterocycles. The third-order valence-corrected chi connectivity index (χ3v) is 13.7. The summed E-state index contributed by atoms with van der Waals surface area (Å²) in [7, 11) is 0. The van der Waals surface area contributed by atoms with Gasteiger partial charge >= 0.3 is 5.97 Å². The number of aryl methyl sites for hydroxylation is 1. The fourth-order valence-electron chi connectivity index (χ4n) is 10.3. The van der Waals surface area contributed by atoms with Crippen molar-refractivity contribution in [2.45, 2.75) is 108 Å². The number of carboxylic acids is 1. The number of nitrogens with one attached hydrogen (secondary N) is 2. The van der Waals surface area contributed by atoms with Gasteiger partial charge in [0.25, 0.3) is 0 Å². The van der Waals surface area contributed by atoms with Crippen molar-refractivity contribution in [1.82, 2.24) is 15.3 Å². The highest BCUT2D eigenvalue weighted by Gasteiger charge is 2.54. The summed E-state index contributed by atoms with van der Waals surface area (Å²) in [6.45, 7) is 6.04. The second-order valence-electron chi connectivity index (χ2n) is 17.7. The Bertz CT molecular complexity index is 2330. The summed E-state index contributed by atoms with van der Waals surface area (Å²) >= 11 is 6.32. The number of carbonyl (C=O) groups excluding carboxylic acids is 1. The molecule has 3 aliphatic carbocycles. The van der Waals surface area contributed by atoms with Gasteiger partial charge in [0, 0.05) is 53.5 Å². The van der Waals surface area contributed by atoms with E-state index < -0.39 is 11.5 Å². The fraction of sp³-hybridized carbons (Fsp3) is 0.412. The molecular formula is C51H57ClN4O5. The van der Waals surface area contributed by atoms with E-state index >= 15 is 0 Å². The minimum atomic E-state index is -1.10. The number of nitrogens with zero attached hydrogens (tertiary/aromatic N) is 2. The summed E-state index contributed by atoms with van der Waals surface area (Å²) in [5.74, 6) is 1.93. The maximum Gasteiger partial charge on any atom is 0.329 e. The van der Waals surface area contributed by atoms with Gasteiger partial charge in [0.15, 0.2) is 0 Å².